The molecule has 0 heterocycles. The molecule has 0 saturated carbocycles. The molecule has 0 atom stereocenters. The summed E-state index contributed by atoms with van der Waals surface area (Å²) in [5.41, 5.74) is 5.54. The van der Waals surface area contributed by atoms with Gasteiger partial charge in [0, 0.05) is 10.6 Å². The van der Waals surface area contributed by atoms with Gasteiger partial charge in [-0.15, -0.1) is 0 Å². The summed E-state index contributed by atoms with van der Waals surface area (Å²) in [5.74, 6) is -0.366. The summed E-state index contributed by atoms with van der Waals surface area (Å²) in [6.45, 7) is 0. The van der Waals surface area contributed by atoms with E-state index in [2.05, 4.69) is 10.9 Å². The minimum absolute atomic E-state index is 0.00648. The van der Waals surface area contributed by atoms with E-state index in [-0.39, 0.29) is 12.0 Å². The van der Waals surface area contributed by atoms with Crippen LogP contribution in [0.25, 0.3) is 0 Å². The van der Waals surface area contributed by atoms with Gasteiger partial charge in [-0.3, -0.25) is 20.4 Å². The van der Waals surface area contributed by atoms with Gasteiger partial charge in [-0.2, -0.15) is 0 Å². The standard InChI is InChI=1S/C16H14Cl2N2O3/c1-23-14-7-6-11(17)8-10(14)9-15(21)19-20-16(22)12-4-2-3-5-13(12)18/h2-8H,9H2,1H3,(H,19,21)(H,20,22). The molecule has 2 amide bonds. The molecule has 2 N–H and O–H groups in total. The molecule has 120 valence electrons. The smallest absolute Gasteiger partial charge is 0.271 e. The lowest BCUT2D eigenvalue weighted by molar-refractivity contribution is -0.121. The molecule has 0 aromatic heterocycles. The van der Waals surface area contributed by atoms with Crippen LogP contribution in [0.5, 0.6) is 5.75 Å². The van der Waals surface area contributed by atoms with E-state index in [0.29, 0.717) is 21.4 Å². The van der Waals surface area contributed by atoms with E-state index in [1.807, 2.05) is 0 Å². The van der Waals surface area contributed by atoms with E-state index < -0.39 is 11.8 Å². The third-order valence-electron chi connectivity index (χ3n) is 3.03. The highest BCUT2D eigenvalue weighted by Gasteiger charge is 2.12. The van der Waals surface area contributed by atoms with Crippen molar-refractivity contribution in [3.8, 4) is 5.75 Å². The molecule has 7 heteroatoms. The van der Waals surface area contributed by atoms with Gasteiger partial charge in [0.05, 0.1) is 24.1 Å². The molecule has 0 radical (unpaired) electrons. The molecule has 0 saturated heterocycles. The topological polar surface area (TPSA) is 67.4 Å². The number of methoxy groups -OCH3 is 1. The van der Waals surface area contributed by atoms with Gasteiger partial charge in [-0.1, -0.05) is 35.3 Å². The number of carbonyl (C=O) groups is 2. The zero-order valence-corrected chi connectivity index (χ0v) is 13.7. The van der Waals surface area contributed by atoms with Crippen molar-refractivity contribution >= 4 is 35.0 Å². The molecule has 0 fully saturated rings. The Balaban J connectivity index is 1.97. The highest BCUT2D eigenvalue weighted by atomic mass is 35.5. The van der Waals surface area contributed by atoms with E-state index in [4.69, 9.17) is 27.9 Å². The van der Waals surface area contributed by atoms with Crippen molar-refractivity contribution in [2.45, 2.75) is 6.42 Å². The van der Waals surface area contributed by atoms with Gasteiger partial charge in [0.15, 0.2) is 0 Å². The van der Waals surface area contributed by atoms with Crippen molar-refractivity contribution in [2.24, 2.45) is 0 Å². The van der Waals surface area contributed by atoms with Crippen molar-refractivity contribution in [3.63, 3.8) is 0 Å². The van der Waals surface area contributed by atoms with Gasteiger partial charge >= 0.3 is 0 Å². The molecule has 0 aliphatic carbocycles. The maximum Gasteiger partial charge on any atom is 0.271 e. The van der Waals surface area contributed by atoms with Crippen LogP contribution in [-0.4, -0.2) is 18.9 Å². The quantitative estimate of drug-likeness (QED) is 0.831. The van der Waals surface area contributed by atoms with E-state index >= 15 is 0 Å². The van der Waals surface area contributed by atoms with Crippen molar-refractivity contribution in [1.29, 1.82) is 0 Å². The third-order valence-corrected chi connectivity index (χ3v) is 3.59. The molecule has 2 rings (SSSR count). The number of hydrogen-bond donors (Lipinski definition) is 2. The molecular formula is C16H14Cl2N2O3. The van der Waals surface area contributed by atoms with Gasteiger partial charge in [0.25, 0.3) is 5.91 Å². The fourth-order valence-electron chi connectivity index (χ4n) is 1.94. The average Bonchev–Trinajstić information content (AvgIpc) is 2.53. The van der Waals surface area contributed by atoms with Gasteiger partial charge in [0.1, 0.15) is 5.75 Å². The van der Waals surface area contributed by atoms with Crippen molar-refractivity contribution < 1.29 is 14.3 Å². The fraction of sp³-hybridized carbons (Fsp3) is 0.125. The molecule has 5 nitrogen and oxygen atoms in total. The molecule has 0 unspecified atom stereocenters. The second-order valence-electron chi connectivity index (χ2n) is 4.62. The molecule has 0 aliphatic rings. The first kappa shape index (κ1) is 17.1. The van der Waals surface area contributed by atoms with Crippen molar-refractivity contribution in [1.82, 2.24) is 10.9 Å². The average molecular weight is 353 g/mol. The summed E-state index contributed by atoms with van der Waals surface area (Å²) in [5, 5.41) is 0.796. The van der Waals surface area contributed by atoms with E-state index in [9.17, 15) is 9.59 Å². The molecular weight excluding hydrogens is 339 g/mol. The van der Waals surface area contributed by atoms with Gasteiger partial charge in [-0.05, 0) is 30.3 Å². The van der Waals surface area contributed by atoms with Crippen LogP contribution in [-0.2, 0) is 11.2 Å². The number of rotatable bonds is 4. The Bertz CT molecular complexity index is 735. The first-order valence-electron chi connectivity index (χ1n) is 6.67. The number of carbonyl (C=O) groups excluding carboxylic acids is 2. The third kappa shape index (κ3) is 4.61. The minimum atomic E-state index is -0.498. The number of hydrazine groups is 1. The molecule has 23 heavy (non-hydrogen) atoms. The number of ether oxygens (including phenoxy) is 1. The van der Waals surface area contributed by atoms with E-state index in [1.54, 1.807) is 42.5 Å². The Morgan fingerprint density at radius 2 is 1.83 bits per heavy atom. The van der Waals surface area contributed by atoms with E-state index in [0.717, 1.165) is 0 Å². The Labute approximate surface area is 143 Å². The first-order valence-corrected chi connectivity index (χ1v) is 7.43. The van der Waals surface area contributed by atoms with Crippen molar-refractivity contribution in [2.75, 3.05) is 7.11 Å². The molecule has 0 spiro atoms. The molecule has 0 bridgehead atoms. The van der Waals surface area contributed by atoms with Crippen LogP contribution in [0.1, 0.15) is 15.9 Å². The highest BCUT2D eigenvalue weighted by molar-refractivity contribution is 6.33. The monoisotopic (exact) mass is 352 g/mol. The fourth-order valence-corrected chi connectivity index (χ4v) is 2.36. The SMILES string of the molecule is COc1ccc(Cl)cc1CC(=O)NNC(=O)c1ccccc1Cl. The van der Waals surface area contributed by atoms with Crippen LogP contribution in [0.15, 0.2) is 42.5 Å². The summed E-state index contributed by atoms with van der Waals surface area (Å²) in [7, 11) is 1.50. The number of benzene rings is 2. The predicted molar refractivity (Wildman–Crippen MR) is 88.8 cm³/mol. The van der Waals surface area contributed by atoms with Crippen LogP contribution in [0.3, 0.4) is 0 Å². The Morgan fingerprint density at radius 3 is 2.52 bits per heavy atom. The zero-order chi connectivity index (χ0) is 16.8. The second kappa shape index (κ2) is 7.85. The molecule has 0 aliphatic heterocycles. The first-order chi connectivity index (χ1) is 11.0. The van der Waals surface area contributed by atoms with Crippen LogP contribution < -0.4 is 15.6 Å². The predicted octanol–water partition coefficient (Wildman–Crippen LogP) is 3.01. The summed E-state index contributed by atoms with van der Waals surface area (Å²) in [6.07, 6.45) is 0.00648. The summed E-state index contributed by atoms with van der Waals surface area (Å²) in [6, 6.07) is 11.5. The molecule has 2 aromatic rings. The Hall–Kier alpha value is -2.24. The number of halogens is 2. The lowest BCUT2D eigenvalue weighted by Gasteiger charge is -2.11. The van der Waals surface area contributed by atoms with Crippen LogP contribution in [0, 0.1) is 0 Å². The maximum absolute atomic E-state index is 12.0. The summed E-state index contributed by atoms with van der Waals surface area (Å²) in [4.78, 5) is 23.9. The lowest BCUT2D eigenvalue weighted by atomic mass is 10.1. The Kier molecular flexibility index (Phi) is 5.84. The molecule has 2 aromatic carbocycles. The maximum atomic E-state index is 12.0. The summed E-state index contributed by atoms with van der Waals surface area (Å²) >= 11 is 11.8. The summed E-state index contributed by atoms with van der Waals surface area (Å²) < 4.78 is 5.17. The number of hydrogen-bond acceptors (Lipinski definition) is 3. The lowest BCUT2D eigenvalue weighted by Crippen LogP contribution is -2.42. The van der Waals surface area contributed by atoms with Gasteiger partial charge in [0.2, 0.25) is 5.91 Å². The normalized spacial score (nSPS) is 10.0. The minimum Gasteiger partial charge on any atom is -0.496 e. The van der Waals surface area contributed by atoms with Gasteiger partial charge < -0.3 is 4.74 Å². The number of nitrogens with one attached hydrogen (secondary N) is 2. The van der Waals surface area contributed by atoms with Gasteiger partial charge in [-0.25, -0.2) is 0 Å². The number of amides is 2. The van der Waals surface area contributed by atoms with Crippen molar-refractivity contribution in [3.05, 3.63) is 63.6 Å². The van der Waals surface area contributed by atoms with E-state index in [1.165, 1.54) is 7.11 Å². The second-order valence-corrected chi connectivity index (χ2v) is 5.46. The highest BCUT2D eigenvalue weighted by Crippen LogP contribution is 2.23. The van der Waals surface area contributed by atoms with Crippen LogP contribution in [0.4, 0.5) is 0 Å². The Morgan fingerprint density at radius 1 is 1.09 bits per heavy atom. The van der Waals surface area contributed by atoms with Crippen LogP contribution in [0.2, 0.25) is 10.0 Å². The largest absolute Gasteiger partial charge is 0.496 e. The zero-order valence-electron chi connectivity index (χ0n) is 12.2. The van der Waals surface area contributed by atoms with Crippen LogP contribution >= 0.6 is 23.2 Å².